The Balaban J connectivity index is 1.26. The van der Waals surface area contributed by atoms with Crippen molar-refractivity contribution >= 4 is 34.0 Å². The van der Waals surface area contributed by atoms with Gasteiger partial charge in [0.05, 0.1) is 9.73 Å². The van der Waals surface area contributed by atoms with Crippen molar-refractivity contribution in [3.05, 3.63) is 53.0 Å². The third kappa shape index (κ3) is 5.35. The van der Waals surface area contributed by atoms with Crippen molar-refractivity contribution in [2.45, 2.75) is 36.9 Å². The SMILES string of the molecule is Cc1cnc2ccc(O)cc2c1CCCN1CCN(CCSc2cccs2)CC1C. The predicted octanol–water partition coefficient (Wildman–Crippen LogP) is 5.04. The Bertz CT molecular complexity index is 955. The Morgan fingerprint density at radius 2 is 2.13 bits per heavy atom. The number of phenolic OH excluding ortho intramolecular Hbond substituents is 1. The van der Waals surface area contributed by atoms with E-state index in [-0.39, 0.29) is 0 Å². The van der Waals surface area contributed by atoms with Crippen LogP contribution in [0.1, 0.15) is 24.5 Å². The van der Waals surface area contributed by atoms with E-state index in [1.54, 1.807) is 6.07 Å². The molecule has 4 rings (SSSR count). The maximum Gasteiger partial charge on any atom is 0.116 e. The molecule has 30 heavy (non-hydrogen) atoms. The zero-order valence-corrected chi connectivity index (χ0v) is 19.5. The van der Waals surface area contributed by atoms with Gasteiger partial charge in [0.25, 0.3) is 0 Å². The van der Waals surface area contributed by atoms with Crippen LogP contribution in [-0.4, -0.2) is 64.4 Å². The van der Waals surface area contributed by atoms with Crippen LogP contribution < -0.4 is 0 Å². The highest BCUT2D eigenvalue weighted by Gasteiger charge is 2.23. The fourth-order valence-corrected chi connectivity index (χ4v) is 6.22. The second-order valence-electron chi connectivity index (χ2n) is 8.19. The number of rotatable bonds is 8. The summed E-state index contributed by atoms with van der Waals surface area (Å²) in [6, 6.07) is 10.4. The quantitative estimate of drug-likeness (QED) is 0.496. The number of pyridine rings is 1. The van der Waals surface area contributed by atoms with Crippen LogP contribution in [0.5, 0.6) is 5.75 Å². The predicted molar refractivity (Wildman–Crippen MR) is 129 cm³/mol. The van der Waals surface area contributed by atoms with Crippen LogP contribution in [0.2, 0.25) is 0 Å². The van der Waals surface area contributed by atoms with Crippen molar-refractivity contribution in [1.29, 1.82) is 0 Å². The molecule has 1 unspecified atom stereocenters. The number of thioether (sulfide) groups is 1. The third-order valence-corrected chi connectivity index (χ3v) is 8.16. The molecule has 160 valence electrons. The second-order valence-corrected chi connectivity index (χ2v) is 10.5. The Kier molecular flexibility index (Phi) is 7.31. The number of thiophene rings is 1. The highest BCUT2D eigenvalue weighted by atomic mass is 32.2. The molecule has 0 spiro atoms. The van der Waals surface area contributed by atoms with Crippen LogP contribution in [-0.2, 0) is 6.42 Å². The van der Waals surface area contributed by atoms with E-state index in [1.165, 1.54) is 34.2 Å². The monoisotopic (exact) mass is 441 g/mol. The van der Waals surface area contributed by atoms with E-state index >= 15 is 0 Å². The lowest BCUT2D eigenvalue weighted by molar-refractivity contribution is 0.0870. The molecule has 1 aliphatic rings. The molecule has 1 atom stereocenters. The van der Waals surface area contributed by atoms with E-state index < -0.39 is 0 Å². The molecule has 4 nitrogen and oxygen atoms in total. The van der Waals surface area contributed by atoms with Crippen molar-refractivity contribution in [1.82, 2.24) is 14.8 Å². The van der Waals surface area contributed by atoms with Gasteiger partial charge < -0.3 is 5.11 Å². The maximum atomic E-state index is 9.91. The van der Waals surface area contributed by atoms with E-state index in [2.05, 4.69) is 46.1 Å². The molecule has 3 aromatic rings. The van der Waals surface area contributed by atoms with E-state index in [1.807, 2.05) is 41.4 Å². The summed E-state index contributed by atoms with van der Waals surface area (Å²) in [5.74, 6) is 1.49. The summed E-state index contributed by atoms with van der Waals surface area (Å²) in [7, 11) is 0. The fourth-order valence-electron chi connectivity index (χ4n) is 4.35. The van der Waals surface area contributed by atoms with Crippen LogP contribution in [0, 0.1) is 6.92 Å². The Hall–Kier alpha value is -1.60. The number of hydrogen-bond donors (Lipinski definition) is 1. The Morgan fingerprint density at radius 3 is 2.93 bits per heavy atom. The van der Waals surface area contributed by atoms with E-state index in [0.717, 1.165) is 43.4 Å². The first-order valence-corrected chi connectivity index (χ1v) is 12.7. The van der Waals surface area contributed by atoms with Gasteiger partial charge in [0.2, 0.25) is 0 Å². The number of hydrogen-bond acceptors (Lipinski definition) is 6. The highest BCUT2D eigenvalue weighted by Crippen LogP contribution is 2.26. The summed E-state index contributed by atoms with van der Waals surface area (Å²) in [4.78, 5) is 9.77. The molecule has 2 aromatic heterocycles. The molecular weight excluding hydrogens is 410 g/mol. The molecule has 3 heterocycles. The summed E-state index contributed by atoms with van der Waals surface area (Å²) >= 11 is 3.82. The number of benzene rings is 1. The minimum atomic E-state index is 0.318. The van der Waals surface area contributed by atoms with Crippen molar-refractivity contribution in [3.63, 3.8) is 0 Å². The van der Waals surface area contributed by atoms with Crippen molar-refractivity contribution in [2.75, 3.05) is 38.5 Å². The van der Waals surface area contributed by atoms with Gasteiger partial charge in [-0.3, -0.25) is 14.8 Å². The largest absolute Gasteiger partial charge is 0.508 e. The lowest BCUT2D eigenvalue weighted by Gasteiger charge is -2.40. The third-order valence-electron chi connectivity index (χ3n) is 6.05. The Morgan fingerprint density at radius 1 is 1.23 bits per heavy atom. The molecule has 1 saturated heterocycles. The molecule has 1 N–H and O–H groups in total. The smallest absolute Gasteiger partial charge is 0.116 e. The van der Waals surface area contributed by atoms with Crippen LogP contribution in [0.15, 0.2) is 46.1 Å². The first-order valence-electron chi connectivity index (χ1n) is 10.8. The standard InChI is InChI=1S/C24H31N3OS2/c1-18-16-25-23-8-7-20(28)15-22(23)21(18)5-3-9-27-11-10-26(17-19(27)2)12-14-30-24-6-4-13-29-24/h4,6-8,13,15-16,19,28H,3,5,9-12,14,17H2,1-2H3. The lowest BCUT2D eigenvalue weighted by Crippen LogP contribution is -2.52. The highest BCUT2D eigenvalue weighted by molar-refractivity contribution is 8.01. The van der Waals surface area contributed by atoms with Crippen molar-refractivity contribution < 1.29 is 5.11 Å². The number of piperazine rings is 1. The molecule has 1 fully saturated rings. The van der Waals surface area contributed by atoms with Gasteiger partial charge in [-0.1, -0.05) is 6.07 Å². The molecule has 0 radical (unpaired) electrons. The molecule has 0 bridgehead atoms. The van der Waals surface area contributed by atoms with Crippen LogP contribution in [0.3, 0.4) is 0 Å². The average Bonchev–Trinajstić information content (AvgIpc) is 3.24. The number of aromatic hydroxyl groups is 1. The zero-order chi connectivity index (χ0) is 20.9. The summed E-state index contributed by atoms with van der Waals surface area (Å²) in [6.45, 7) is 10.3. The van der Waals surface area contributed by atoms with Crippen LogP contribution >= 0.6 is 23.1 Å². The maximum absolute atomic E-state index is 9.91. The summed E-state index contributed by atoms with van der Waals surface area (Å²) in [6.07, 6.45) is 4.12. The van der Waals surface area contributed by atoms with Crippen LogP contribution in [0.4, 0.5) is 0 Å². The van der Waals surface area contributed by atoms with Gasteiger partial charge in [0, 0.05) is 49.6 Å². The minimum absolute atomic E-state index is 0.318. The van der Waals surface area contributed by atoms with Gasteiger partial charge in [-0.05, 0) is 74.0 Å². The zero-order valence-electron chi connectivity index (χ0n) is 17.9. The van der Waals surface area contributed by atoms with E-state index in [0.29, 0.717) is 11.8 Å². The minimum Gasteiger partial charge on any atom is -0.508 e. The van der Waals surface area contributed by atoms with Crippen molar-refractivity contribution in [2.24, 2.45) is 0 Å². The average molecular weight is 442 g/mol. The number of fused-ring (bicyclic) bond motifs is 1. The van der Waals surface area contributed by atoms with Crippen molar-refractivity contribution in [3.8, 4) is 5.75 Å². The number of phenols is 1. The fraction of sp³-hybridized carbons (Fsp3) is 0.458. The first kappa shape index (κ1) is 21.6. The number of aryl methyl sites for hydroxylation is 2. The van der Waals surface area contributed by atoms with Gasteiger partial charge in [-0.25, -0.2) is 0 Å². The van der Waals surface area contributed by atoms with Gasteiger partial charge in [-0.15, -0.1) is 23.1 Å². The molecular formula is C24H31N3OS2. The van der Waals surface area contributed by atoms with Gasteiger partial charge >= 0.3 is 0 Å². The topological polar surface area (TPSA) is 39.6 Å². The second kappa shape index (κ2) is 10.1. The Labute approximate surface area is 187 Å². The number of aromatic nitrogens is 1. The van der Waals surface area contributed by atoms with Gasteiger partial charge in [0.1, 0.15) is 5.75 Å². The molecule has 0 amide bonds. The summed E-state index contributed by atoms with van der Waals surface area (Å²) in [5.41, 5.74) is 3.51. The lowest BCUT2D eigenvalue weighted by atomic mass is 9.99. The molecule has 1 aromatic carbocycles. The van der Waals surface area contributed by atoms with E-state index in [9.17, 15) is 5.11 Å². The molecule has 0 aliphatic carbocycles. The molecule has 0 saturated carbocycles. The molecule has 1 aliphatic heterocycles. The van der Waals surface area contributed by atoms with Gasteiger partial charge in [-0.2, -0.15) is 0 Å². The molecule has 6 heteroatoms. The number of nitrogens with zero attached hydrogens (tertiary/aromatic N) is 3. The summed E-state index contributed by atoms with van der Waals surface area (Å²) in [5, 5.41) is 13.2. The van der Waals surface area contributed by atoms with E-state index in [4.69, 9.17) is 0 Å². The summed E-state index contributed by atoms with van der Waals surface area (Å²) < 4.78 is 1.42. The first-order chi connectivity index (χ1) is 14.6. The van der Waals surface area contributed by atoms with Crippen LogP contribution in [0.25, 0.3) is 10.9 Å². The van der Waals surface area contributed by atoms with Gasteiger partial charge in [0.15, 0.2) is 0 Å². The normalized spacial score (nSPS) is 18.3.